The molecule has 21 heavy (non-hydrogen) atoms. The molecule has 0 radical (unpaired) electrons. The van der Waals surface area contributed by atoms with Gasteiger partial charge in [0.1, 0.15) is 6.10 Å². The van der Waals surface area contributed by atoms with Crippen molar-refractivity contribution in [3.05, 3.63) is 16.8 Å². The molecule has 1 heterocycles. The zero-order valence-corrected chi connectivity index (χ0v) is 13.7. The van der Waals surface area contributed by atoms with E-state index in [9.17, 15) is 0 Å². The van der Waals surface area contributed by atoms with Crippen LogP contribution in [0.4, 0.5) is 0 Å². The summed E-state index contributed by atoms with van der Waals surface area (Å²) in [4.78, 5) is 0. The molecule has 1 fully saturated rings. The molecule has 4 nitrogen and oxygen atoms in total. The number of rotatable bonds is 6. The van der Waals surface area contributed by atoms with Crippen LogP contribution in [0.2, 0.25) is 0 Å². The van der Waals surface area contributed by atoms with Crippen LogP contribution in [0.3, 0.4) is 0 Å². The van der Waals surface area contributed by atoms with Crippen molar-refractivity contribution in [3.8, 4) is 5.88 Å². The molecule has 2 unspecified atom stereocenters. The lowest BCUT2D eigenvalue weighted by Crippen LogP contribution is -2.31. The maximum Gasteiger partial charge on any atom is 0.238 e. The molecule has 0 amide bonds. The first kappa shape index (κ1) is 16.2. The normalized spacial score (nSPS) is 22.3. The monoisotopic (exact) mass is 291 g/mol. The first-order chi connectivity index (χ1) is 10.2. The van der Waals surface area contributed by atoms with Crippen molar-refractivity contribution < 1.29 is 4.74 Å². The molecular weight excluding hydrogens is 262 g/mol. The molecule has 0 aromatic carbocycles. The van der Waals surface area contributed by atoms with Gasteiger partial charge < -0.3 is 10.5 Å². The molecule has 1 aromatic rings. The summed E-state index contributed by atoms with van der Waals surface area (Å²) in [5, 5.41) is 8.70. The van der Waals surface area contributed by atoms with Gasteiger partial charge in [0.15, 0.2) is 0 Å². The molecule has 1 saturated carbocycles. The number of aryl methyl sites for hydroxylation is 1. The van der Waals surface area contributed by atoms with Crippen molar-refractivity contribution in [2.24, 2.45) is 11.7 Å². The zero-order valence-electron chi connectivity index (χ0n) is 13.7. The largest absolute Gasteiger partial charge is 0.473 e. The van der Waals surface area contributed by atoms with Crippen LogP contribution < -0.4 is 10.5 Å². The van der Waals surface area contributed by atoms with Crippen LogP contribution in [0.1, 0.15) is 69.7 Å². The predicted octanol–water partition coefficient (Wildman–Crippen LogP) is 3.41. The van der Waals surface area contributed by atoms with Gasteiger partial charge in [-0.3, -0.25) is 0 Å². The number of hydrogen-bond acceptors (Lipinski definition) is 4. The van der Waals surface area contributed by atoms with E-state index in [1.807, 2.05) is 0 Å². The van der Waals surface area contributed by atoms with E-state index < -0.39 is 0 Å². The highest BCUT2D eigenvalue weighted by Crippen LogP contribution is 2.32. The summed E-state index contributed by atoms with van der Waals surface area (Å²) in [5.41, 5.74) is 9.32. The maximum atomic E-state index is 6.27. The standard InChI is InChI=1S/C17H29N3O/c1-4-12-9-7-8-10-16(12)21-17-14(11-18)13(5-2)15(6-3)19-20-17/h12,16H,4-11,18H2,1-3H3. The molecule has 0 bridgehead atoms. The van der Waals surface area contributed by atoms with Crippen molar-refractivity contribution in [3.63, 3.8) is 0 Å². The second-order valence-corrected chi connectivity index (χ2v) is 5.93. The van der Waals surface area contributed by atoms with Crippen molar-refractivity contribution in [1.82, 2.24) is 10.2 Å². The van der Waals surface area contributed by atoms with Gasteiger partial charge in [-0.05, 0) is 50.0 Å². The average molecular weight is 291 g/mol. The molecule has 0 spiro atoms. The number of ether oxygens (including phenoxy) is 1. The molecule has 118 valence electrons. The van der Waals surface area contributed by atoms with E-state index in [-0.39, 0.29) is 6.10 Å². The van der Waals surface area contributed by atoms with E-state index in [0.717, 1.165) is 30.5 Å². The van der Waals surface area contributed by atoms with Gasteiger partial charge >= 0.3 is 0 Å². The van der Waals surface area contributed by atoms with Crippen LogP contribution in [0.15, 0.2) is 0 Å². The predicted molar refractivity (Wildman–Crippen MR) is 85.3 cm³/mol. The molecule has 2 N–H and O–H groups in total. The van der Waals surface area contributed by atoms with Crippen LogP contribution in [-0.2, 0) is 19.4 Å². The summed E-state index contributed by atoms with van der Waals surface area (Å²) < 4.78 is 6.27. The van der Waals surface area contributed by atoms with E-state index in [0.29, 0.717) is 18.3 Å². The van der Waals surface area contributed by atoms with Gasteiger partial charge in [0.2, 0.25) is 5.88 Å². The van der Waals surface area contributed by atoms with E-state index in [1.165, 1.54) is 31.2 Å². The smallest absolute Gasteiger partial charge is 0.238 e. The van der Waals surface area contributed by atoms with Crippen molar-refractivity contribution >= 4 is 0 Å². The van der Waals surface area contributed by atoms with Gasteiger partial charge in [-0.25, -0.2) is 0 Å². The van der Waals surface area contributed by atoms with Gasteiger partial charge in [-0.15, -0.1) is 5.10 Å². The lowest BCUT2D eigenvalue weighted by Gasteiger charge is -2.31. The highest BCUT2D eigenvalue weighted by Gasteiger charge is 2.27. The van der Waals surface area contributed by atoms with E-state index in [1.54, 1.807) is 0 Å². The van der Waals surface area contributed by atoms with Crippen LogP contribution in [-0.4, -0.2) is 16.3 Å². The van der Waals surface area contributed by atoms with Gasteiger partial charge in [0.05, 0.1) is 5.69 Å². The Morgan fingerprint density at radius 3 is 2.43 bits per heavy atom. The second kappa shape index (κ2) is 7.74. The summed E-state index contributed by atoms with van der Waals surface area (Å²) >= 11 is 0. The van der Waals surface area contributed by atoms with Gasteiger partial charge in [-0.1, -0.05) is 27.2 Å². The summed E-state index contributed by atoms with van der Waals surface area (Å²) in [6.07, 6.45) is 8.24. The lowest BCUT2D eigenvalue weighted by molar-refractivity contribution is 0.0835. The molecule has 1 aliphatic carbocycles. The highest BCUT2D eigenvalue weighted by atomic mass is 16.5. The zero-order chi connectivity index (χ0) is 15.2. The summed E-state index contributed by atoms with van der Waals surface area (Å²) in [7, 11) is 0. The minimum Gasteiger partial charge on any atom is -0.473 e. The minimum absolute atomic E-state index is 0.278. The number of hydrogen-bond donors (Lipinski definition) is 1. The van der Waals surface area contributed by atoms with Gasteiger partial charge in [-0.2, -0.15) is 5.10 Å². The topological polar surface area (TPSA) is 61.0 Å². The fourth-order valence-electron chi connectivity index (χ4n) is 3.48. The third-order valence-electron chi connectivity index (χ3n) is 4.75. The summed E-state index contributed by atoms with van der Waals surface area (Å²) in [6.45, 7) is 6.98. The van der Waals surface area contributed by atoms with Crippen LogP contribution in [0.25, 0.3) is 0 Å². The molecule has 1 aromatic heterocycles. The number of nitrogens with two attached hydrogens (primary N) is 1. The highest BCUT2D eigenvalue weighted by molar-refractivity contribution is 5.37. The maximum absolute atomic E-state index is 6.27. The van der Waals surface area contributed by atoms with Crippen molar-refractivity contribution in [2.45, 2.75) is 78.4 Å². The van der Waals surface area contributed by atoms with Gasteiger partial charge in [0, 0.05) is 12.1 Å². The molecule has 0 aliphatic heterocycles. The van der Waals surface area contributed by atoms with Crippen molar-refractivity contribution in [1.29, 1.82) is 0 Å². The van der Waals surface area contributed by atoms with Crippen LogP contribution in [0, 0.1) is 5.92 Å². The Morgan fingerprint density at radius 1 is 1.05 bits per heavy atom. The molecule has 0 saturated heterocycles. The van der Waals surface area contributed by atoms with Crippen molar-refractivity contribution in [2.75, 3.05) is 0 Å². The quantitative estimate of drug-likeness (QED) is 0.872. The molecular formula is C17H29N3O. The average Bonchev–Trinajstić information content (AvgIpc) is 2.54. The Morgan fingerprint density at radius 2 is 1.81 bits per heavy atom. The summed E-state index contributed by atoms with van der Waals surface area (Å²) in [6, 6.07) is 0. The Bertz CT molecular complexity index is 462. The van der Waals surface area contributed by atoms with Crippen LogP contribution >= 0.6 is 0 Å². The fourth-order valence-corrected chi connectivity index (χ4v) is 3.48. The third-order valence-corrected chi connectivity index (χ3v) is 4.75. The Hall–Kier alpha value is -1.16. The van der Waals surface area contributed by atoms with Crippen LogP contribution in [0.5, 0.6) is 5.88 Å². The van der Waals surface area contributed by atoms with E-state index >= 15 is 0 Å². The Balaban J connectivity index is 2.26. The molecule has 1 aliphatic rings. The molecule has 2 atom stereocenters. The van der Waals surface area contributed by atoms with E-state index in [2.05, 4.69) is 31.0 Å². The molecule has 4 heteroatoms. The van der Waals surface area contributed by atoms with E-state index in [4.69, 9.17) is 10.5 Å². The number of aromatic nitrogens is 2. The number of nitrogens with zero attached hydrogens (tertiary/aromatic N) is 2. The summed E-state index contributed by atoms with van der Waals surface area (Å²) in [5.74, 6) is 1.32. The first-order valence-electron chi connectivity index (χ1n) is 8.49. The Labute approximate surface area is 128 Å². The molecule has 2 rings (SSSR count). The Kier molecular flexibility index (Phi) is 5.97. The lowest BCUT2D eigenvalue weighted by atomic mass is 9.85. The SMILES string of the molecule is CCc1nnc(OC2CCCCC2CC)c(CN)c1CC. The minimum atomic E-state index is 0.278. The second-order valence-electron chi connectivity index (χ2n) is 5.93. The van der Waals surface area contributed by atoms with Gasteiger partial charge in [0.25, 0.3) is 0 Å². The third kappa shape index (κ3) is 3.54. The fraction of sp³-hybridized carbons (Fsp3) is 0.765. The first-order valence-corrected chi connectivity index (χ1v) is 8.49.